The van der Waals surface area contributed by atoms with E-state index in [1.54, 1.807) is 0 Å². The number of carboxylic acid groups (broad SMARTS) is 1. The van der Waals surface area contributed by atoms with Gasteiger partial charge in [-0.2, -0.15) is 0 Å². The number of alkyl carbamates (subject to hydrolysis) is 2. The maximum atomic E-state index is 12.6. The minimum atomic E-state index is -1.15. The zero-order valence-corrected chi connectivity index (χ0v) is 44.5. The Hall–Kier alpha value is -4.56. The Morgan fingerprint density at radius 1 is 0.480 bits per heavy atom. The molecule has 1 aliphatic carbocycles. The standard InChI is InChI=1S/C53H85N3O19/c1-53(2,3)75-51(60)55-17-19-63-21-23-65-25-27-67-29-31-69-33-35-71-37-39-73-41-40-72-38-36-70-34-32-68-30-28-66-26-24-64-22-20-62-18-15-49(57)54-16-9-8-14-48(50(58)59)56-52(61)74-42-47-45-12-6-4-10-43(45)44-11-5-7-13-46(44)47/h4-7,10-13,47-48H,8-9,14-42H2,1-3H3,(H,54,57)(H,55,60)(H,56,61)(H,58,59)/t48-/m0/s1. The van der Waals surface area contributed by atoms with Crippen LogP contribution in [0.25, 0.3) is 11.1 Å². The number of fused-ring (bicyclic) bond motifs is 3. The summed E-state index contributed by atoms with van der Waals surface area (Å²) in [5, 5.41) is 17.6. The molecule has 4 N–H and O–H groups in total. The smallest absolute Gasteiger partial charge is 0.407 e. The Morgan fingerprint density at radius 3 is 1.24 bits per heavy atom. The number of ether oxygens (including phenoxy) is 14. The first-order chi connectivity index (χ1) is 36.5. The van der Waals surface area contributed by atoms with E-state index in [1.165, 1.54) is 0 Å². The van der Waals surface area contributed by atoms with E-state index in [9.17, 15) is 24.3 Å². The minimum absolute atomic E-state index is 0.0941. The number of amides is 3. The topological polar surface area (TPSA) is 254 Å². The van der Waals surface area contributed by atoms with Crippen molar-refractivity contribution in [2.45, 2.75) is 64.0 Å². The van der Waals surface area contributed by atoms with Crippen LogP contribution in [-0.2, 0) is 75.9 Å². The molecule has 22 heteroatoms. The predicted molar refractivity (Wildman–Crippen MR) is 275 cm³/mol. The van der Waals surface area contributed by atoms with Gasteiger partial charge >= 0.3 is 18.2 Å². The van der Waals surface area contributed by atoms with Gasteiger partial charge in [0.2, 0.25) is 5.91 Å². The molecule has 3 amide bonds. The van der Waals surface area contributed by atoms with Crippen molar-refractivity contribution in [3.63, 3.8) is 0 Å². The maximum Gasteiger partial charge on any atom is 0.407 e. The van der Waals surface area contributed by atoms with Gasteiger partial charge in [-0.3, -0.25) is 4.79 Å². The molecule has 0 radical (unpaired) electrons. The van der Waals surface area contributed by atoms with Gasteiger partial charge in [0, 0.05) is 25.4 Å². The Bertz CT molecular complexity index is 1760. The van der Waals surface area contributed by atoms with Crippen molar-refractivity contribution >= 4 is 24.1 Å². The summed E-state index contributed by atoms with van der Waals surface area (Å²) in [5.74, 6) is -1.44. The minimum Gasteiger partial charge on any atom is -0.480 e. The van der Waals surface area contributed by atoms with Crippen molar-refractivity contribution in [2.75, 3.05) is 178 Å². The van der Waals surface area contributed by atoms with Crippen LogP contribution in [0.2, 0.25) is 0 Å². The average molecular weight is 1070 g/mol. The number of rotatable bonds is 48. The van der Waals surface area contributed by atoms with Gasteiger partial charge in [-0.05, 0) is 62.3 Å². The highest BCUT2D eigenvalue weighted by Crippen LogP contribution is 2.44. The zero-order valence-electron chi connectivity index (χ0n) is 44.5. The fourth-order valence-corrected chi connectivity index (χ4v) is 7.05. The van der Waals surface area contributed by atoms with Crippen LogP contribution in [0, 0.1) is 0 Å². The fourth-order valence-electron chi connectivity index (χ4n) is 7.05. The molecule has 0 unspecified atom stereocenters. The lowest BCUT2D eigenvalue weighted by molar-refractivity contribution is -0.139. The number of benzene rings is 2. The highest BCUT2D eigenvalue weighted by Gasteiger charge is 2.30. The third kappa shape index (κ3) is 33.3. The Kier molecular flexibility index (Phi) is 36.7. The Morgan fingerprint density at radius 2 is 0.853 bits per heavy atom. The summed E-state index contributed by atoms with van der Waals surface area (Å²) in [6.07, 6.45) is 0.171. The third-order valence-corrected chi connectivity index (χ3v) is 10.7. The Balaban J connectivity index is 0.946. The van der Waals surface area contributed by atoms with Gasteiger partial charge < -0.3 is 87.4 Å². The van der Waals surface area contributed by atoms with Crippen LogP contribution in [0.4, 0.5) is 9.59 Å². The molecule has 0 fully saturated rings. The molecule has 3 rings (SSSR count). The summed E-state index contributed by atoms with van der Waals surface area (Å²) in [5.41, 5.74) is 3.83. The molecule has 1 aliphatic rings. The second kappa shape index (κ2) is 42.5. The first-order valence-corrected chi connectivity index (χ1v) is 26.1. The van der Waals surface area contributed by atoms with Gasteiger partial charge in [0.1, 0.15) is 18.2 Å². The largest absolute Gasteiger partial charge is 0.480 e. The van der Waals surface area contributed by atoms with Crippen LogP contribution >= 0.6 is 0 Å². The fraction of sp³-hybridized carbons (Fsp3) is 0.698. The molecule has 426 valence electrons. The second-order valence-electron chi connectivity index (χ2n) is 17.7. The number of hydrogen-bond acceptors (Lipinski definition) is 18. The number of unbranched alkanes of at least 4 members (excludes halogenated alkanes) is 1. The molecule has 2 aromatic rings. The summed E-state index contributed by atoms with van der Waals surface area (Å²) in [6.45, 7) is 16.6. The van der Waals surface area contributed by atoms with E-state index in [4.69, 9.17) is 66.3 Å². The molecular weight excluding hydrogens is 983 g/mol. The molecule has 0 bridgehead atoms. The lowest BCUT2D eigenvalue weighted by Crippen LogP contribution is -2.41. The van der Waals surface area contributed by atoms with Crippen LogP contribution in [0.3, 0.4) is 0 Å². The molecule has 2 aromatic carbocycles. The van der Waals surface area contributed by atoms with Crippen molar-refractivity contribution in [3.05, 3.63) is 59.7 Å². The maximum absolute atomic E-state index is 12.6. The summed E-state index contributed by atoms with van der Waals surface area (Å²) in [7, 11) is 0. The summed E-state index contributed by atoms with van der Waals surface area (Å²) in [6, 6.07) is 14.9. The lowest BCUT2D eigenvalue weighted by Gasteiger charge is -2.19. The second-order valence-corrected chi connectivity index (χ2v) is 17.7. The van der Waals surface area contributed by atoms with E-state index in [2.05, 4.69) is 16.0 Å². The van der Waals surface area contributed by atoms with E-state index >= 15 is 0 Å². The number of carboxylic acids is 1. The van der Waals surface area contributed by atoms with Gasteiger partial charge in [-0.15, -0.1) is 0 Å². The monoisotopic (exact) mass is 1070 g/mol. The molecule has 75 heavy (non-hydrogen) atoms. The molecule has 0 aromatic heterocycles. The van der Waals surface area contributed by atoms with Gasteiger partial charge in [0.15, 0.2) is 0 Å². The molecule has 0 spiro atoms. The van der Waals surface area contributed by atoms with Crippen LogP contribution in [0.1, 0.15) is 63.5 Å². The number of carbonyl (C=O) groups excluding carboxylic acids is 3. The van der Waals surface area contributed by atoms with E-state index < -0.39 is 29.8 Å². The number of hydrogen-bond donors (Lipinski definition) is 4. The molecular formula is C53H85N3O19. The van der Waals surface area contributed by atoms with E-state index in [1.807, 2.05) is 69.3 Å². The van der Waals surface area contributed by atoms with Crippen molar-refractivity contribution in [1.29, 1.82) is 0 Å². The number of aliphatic carboxylic acids is 1. The van der Waals surface area contributed by atoms with Crippen LogP contribution in [-0.4, -0.2) is 219 Å². The molecule has 22 nitrogen and oxygen atoms in total. The van der Waals surface area contributed by atoms with Gasteiger partial charge in [0.25, 0.3) is 0 Å². The van der Waals surface area contributed by atoms with Gasteiger partial charge in [0.05, 0.1) is 159 Å². The molecule has 0 saturated heterocycles. The van der Waals surface area contributed by atoms with Crippen molar-refractivity contribution < 1.29 is 90.6 Å². The quantitative estimate of drug-likeness (QED) is 0.0671. The molecule has 0 saturated carbocycles. The molecule has 0 aliphatic heterocycles. The van der Waals surface area contributed by atoms with Crippen LogP contribution in [0.5, 0.6) is 0 Å². The van der Waals surface area contributed by atoms with Crippen molar-refractivity contribution in [3.8, 4) is 11.1 Å². The third-order valence-electron chi connectivity index (χ3n) is 10.7. The Labute approximate surface area is 442 Å². The molecule has 1 atom stereocenters. The first-order valence-electron chi connectivity index (χ1n) is 26.1. The highest BCUT2D eigenvalue weighted by molar-refractivity contribution is 5.81. The lowest BCUT2D eigenvalue weighted by atomic mass is 9.98. The highest BCUT2D eigenvalue weighted by atomic mass is 16.6. The van der Waals surface area contributed by atoms with E-state index in [0.29, 0.717) is 178 Å². The number of nitrogens with one attached hydrogen (secondary N) is 3. The van der Waals surface area contributed by atoms with E-state index in [0.717, 1.165) is 22.3 Å². The number of carbonyl (C=O) groups is 4. The van der Waals surface area contributed by atoms with Gasteiger partial charge in [-0.1, -0.05) is 48.5 Å². The van der Waals surface area contributed by atoms with Crippen molar-refractivity contribution in [2.24, 2.45) is 0 Å². The zero-order chi connectivity index (χ0) is 53.9. The summed E-state index contributed by atoms with van der Waals surface area (Å²) < 4.78 is 76.5. The van der Waals surface area contributed by atoms with Crippen LogP contribution < -0.4 is 16.0 Å². The summed E-state index contributed by atoms with van der Waals surface area (Å²) >= 11 is 0. The van der Waals surface area contributed by atoms with E-state index in [-0.39, 0.29) is 37.9 Å². The first kappa shape index (κ1) is 64.7. The molecule has 0 heterocycles. The van der Waals surface area contributed by atoms with Crippen molar-refractivity contribution in [1.82, 2.24) is 16.0 Å². The van der Waals surface area contributed by atoms with Gasteiger partial charge in [-0.25, -0.2) is 14.4 Å². The predicted octanol–water partition coefficient (Wildman–Crippen LogP) is 4.38. The van der Waals surface area contributed by atoms with Crippen LogP contribution in [0.15, 0.2) is 48.5 Å². The average Bonchev–Trinajstić information content (AvgIpc) is 3.70. The summed E-state index contributed by atoms with van der Waals surface area (Å²) in [4.78, 5) is 48.2. The normalized spacial score (nSPS) is 12.5. The SMILES string of the molecule is CC(C)(C)OC(=O)NCCOCCOCCOCCOCCOCCOCCOCCOCCOCCOCCOCCOCCC(=O)NCCCC[C@H](NC(=O)OCC1c2ccccc2-c2ccccc21)C(=O)O.